The summed E-state index contributed by atoms with van der Waals surface area (Å²) in [6.07, 6.45) is 4.69. The van der Waals surface area contributed by atoms with Gasteiger partial charge in [-0.25, -0.2) is 13.4 Å². The number of benzene rings is 2. The van der Waals surface area contributed by atoms with E-state index in [2.05, 4.69) is 17.1 Å². The summed E-state index contributed by atoms with van der Waals surface area (Å²) in [4.78, 5) is 9.22. The molecule has 0 amide bonds. The Bertz CT molecular complexity index is 1190. The molecule has 0 spiro atoms. The Morgan fingerprint density at radius 1 is 0.808 bits per heavy atom. The summed E-state index contributed by atoms with van der Waals surface area (Å²) >= 11 is 0. The highest BCUT2D eigenvalue weighted by Crippen LogP contribution is 2.31. The molecule has 0 bridgehead atoms. The van der Waals surface area contributed by atoms with Crippen LogP contribution in [0.3, 0.4) is 0 Å². The van der Waals surface area contributed by atoms with Gasteiger partial charge in [-0.15, -0.1) is 0 Å². The molecule has 2 heterocycles. The number of rotatable bonds is 3. The van der Waals surface area contributed by atoms with Crippen LogP contribution in [0.2, 0.25) is 0 Å². The van der Waals surface area contributed by atoms with Crippen molar-refractivity contribution in [2.45, 2.75) is 4.90 Å². The van der Waals surface area contributed by atoms with Crippen molar-refractivity contribution in [2.75, 3.05) is 6.26 Å². The largest absolute Gasteiger partial charge is 0.265 e. The van der Waals surface area contributed by atoms with Crippen LogP contribution in [0.1, 0.15) is 0 Å². The van der Waals surface area contributed by atoms with Crippen LogP contribution in [0.15, 0.2) is 84.0 Å². The number of hydrogen-bond acceptors (Lipinski definition) is 4. The van der Waals surface area contributed by atoms with Gasteiger partial charge in [-0.2, -0.15) is 0 Å². The Labute approximate surface area is 152 Å². The Morgan fingerprint density at radius 2 is 1.50 bits per heavy atom. The van der Waals surface area contributed by atoms with Gasteiger partial charge in [-0.05, 0) is 35.7 Å². The average molecular weight is 360 g/mol. The number of pyridine rings is 2. The first-order valence-corrected chi connectivity index (χ1v) is 10.0. The zero-order valence-corrected chi connectivity index (χ0v) is 14.9. The minimum atomic E-state index is -3.22. The summed E-state index contributed by atoms with van der Waals surface area (Å²) in [5, 5.41) is 2.11. The SMILES string of the molecule is CS(=O)(=O)c1ccc(-c2nc(-c3ccncc3)cc3ccccc23)cc1. The predicted molar refractivity (Wildman–Crippen MR) is 104 cm³/mol. The first-order valence-electron chi connectivity index (χ1n) is 8.13. The van der Waals surface area contributed by atoms with Crippen LogP contribution in [0, 0.1) is 0 Å². The predicted octanol–water partition coefficient (Wildman–Crippen LogP) is 4.37. The molecule has 0 aliphatic heterocycles. The van der Waals surface area contributed by atoms with Crippen molar-refractivity contribution in [3.05, 3.63) is 79.1 Å². The van der Waals surface area contributed by atoms with Crippen LogP contribution in [-0.4, -0.2) is 24.6 Å². The monoisotopic (exact) mass is 360 g/mol. The van der Waals surface area contributed by atoms with Gasteiger partial charge in [-0.1, -0.05) is 36.4 Å². The van der Waals surface area contributed by atoms with Crippen molar-refractivity contribution in [1.82, 2.24) is 9.97 Å². The fourth-order valence-corrected chi connectivity index (χ4v) is 3.58. The second kappa shape index (κ2) is 6.35. The van der Waals surface area contributed by atoms with E-state index in [1.807, 2.05) is 42.5 Å². The summed E-state index contributed by atoms with van der Waals surface area (Å²) in [6, 6.07) is 20.8. The summed E-state index contributed by atoms with van der Waals surface area (Å²) in [5.74, 6) is 0. The third-order valence-electron chi connectivity index (χ3n) is 4.27. The summed E-state index contributed by atoms with van der Waals surface area (Å²) < 4.78 is 23.4. The van der Waals surface area contributed by atoms with Gasteiger partial charge in [-0.3, -0.25) is 4.98 Å². The van der Waals surface area contributed by atoms with Crippen molar-refractivity contribution < 1.29 is 8.42 Å². The zero-order valence-electron chi connectivity index (χ0n) is 14.1. The van der Waals surface area contributed by atoms with Gasteiger partial charge in [0.1, 0.15) is 0 Å². The minimum Gasteiger partial charge on any atom is -0.265 e. The lowest BCUT2D eigenvalue weighted by atomic mass is 10.0. The van der Waals surface area contributed by atoms with E-state index in [9.17, 15) is 8.42 Å². The van der Waals surface area contributed by atoms with Crippen LogP contribution < -0.4 is 0 Å². The van der Waals surface area contributed by atoms with E-state index in [1.54, 1.807) is 24.5 Å². The Hall–Kier alpha value is -3.05. The number of sulfone groups is 1. The van der Waals surface area contributed by atoms with Gasteiger partial charge in [0.05, 0.1) is 16.3 Å². The smallest absolute Gasteiger partial charge is 0.175 e. The quantitative estimate of drug-likeness (QED) is 0.544. The zero-order chi connectivity index (χ0) is 18.1. The lowest BCUT2D eigenvalue weighted by molar-refractivity contribution is 0.602. The topological polar surface area (TPSA) is 59.9 Å². The number of fused-ring (bicyclic) bond motifs is 1. The number of nitrogens with zero attached hydrogens (tertiary/aromatic N) is 2. The first-order chi connectivity index (χ1) is 12.5. The molecule has 4 aromatic rings. The van der Waals surface area contributed by atoms with Gasteiger partial charge >= 0.3 is 0 Å². The van der Waals surface area contributed by atoms with Crippen LogP contribution in [0.4, 0.5) is 0 Å². The summed E-state index contributed by atoms with van der Waals surface area (Å²) in [6.45, 7) is 0. The average Bonchev–Trinajstić information content (AvgIpc) is 2.67. The van der Waals surface area contributed by atoms with E-state index in [0.29, 0.717) is 4.90 Å². The number of hydrogen-bond donors (Lipinski definition) is 0. The normalized spacial score (nSPS) is 11.6. The third-order valence-corrected chi connectivity index (χ3v) is 5.40. The lowest BCUT2D eigenvalue weighted by Gasteiger charge is -2.10. The second-order valence-corrected chi connectivity index (χ2v) is 8.13. The first kappa shape index (κ1) is 16.4. The molecule has 0 aliphatic carbocycles. The molecule has 2 aromatic heterocycles. The number of aromatic nitrogens is 2. The highest BCUT2D eigenvalue weighted by molar-refractivity contribution is 7.90. The molecule has 0 saturated heterocycles. The maximum atomic E-state index is 11.7. The minimum absolute atomic E-state index is 0.302. The summed E-state index contributed by atoms with van der Waals surface area (Å²) in [7, 11) is -3.22. The molecule has 2 aromatic carbocycles. The Morgan fingerprint density at radius 3 is 2.19 bits per heavy atom. The molecule has 26 heavy (non-hydrogen) atoms. The van der Waals surface area contributed by atoms with E-state index in [0.717, 1.165) is 33.3 Å². The van der Waals surface area contributed by atoms with E-state index in [4.69, 9.17) is 4.98 Å². The lowest BCUT2D eigenvalue weighted by Crippen LogP contribution is -1.97. The van der Waals surface area contributed by atoms with E-state index in [-0.39, 0.29) is 0 Å². The fraction of sp³-hybridized carbons (Fsp3) is 0.0476. The van der Waals surface area contributed by atoms with Gasteiger partial charge in [0.15, 0.2) is 9.84 Å². The van der Waals surface area contributed by atoms with Gasteiger partial charge in [0.25, 0.3) is 0 Å². The molecule has 0 radical (unpaired) electrons. The second-order valence-electron chi connectivity index (χ2n) is 6.11. The standard InChI is InChI=1S/C21H16N2O2S/c1-26(24,25)18-8-6-16(7-9-18)21-19-5-3-2-4-17(19)14-20(23-21)15-10-12-22-13-11-15/h2-14H,1H3. The molecule has 0 unspecified atom stereocenters. The maximum Gasteiger partial charge on any atom is 0.175 e. The molecule has 0 saturated carbocycles. The molecule has 128 valence electrons. The highest BCUT2D eigenvalue weighted by Gasteiger charge is 2.12. The molecule has 4 rings (SSSR count). The van der Waals surface area contributed by atoms with Gasteiger partial charge in [0, 0.05) is 35.2 Å². The van der Waals surface area contributed by atoms with Crippen LogP contribution in [-0.2, 0) is 9.84 Å². The van der Waals surface area contributed by atoms with Crippen molar-refractivity contribution >= 4 is 20.6 Å². The third kappa shape index (κ3) is 3.09. The molecule has 5 heteroatoms. The van der Waals surface area contributed by atoms with Crippen LogP contribution in [0.25, 0.3) is 33.3 Å². The Kier molecular flexibility index (Phi) is 4.01. The maximum absolute atomic E-state index is 11.7. The van der Waals surface area contributed by atoms with E-state index >= 15 is 0 Å². The fourth-order valence-electron chi connectivity index (χ4n) is 2.95. The highest BCUT2D eigenvalue weighted by atomic mass is 32.2. The molecular weight excluding hydrogens is 344 g/mol. The molecule has 4 nitrogen and oxygen atoms in total. The molecule has 0 atom stereocenters. The molecule has 0 N–H and O–H groups in total. The Balaban J connectivity index is 1.94. The van der Waals surface area contributed by atoms with E-state index < -0.39 is 9.84 Å². The van der Waals surface area contributed by atoms with E-state index in [1.165, 1.54) is 6.26 Å². The van der Waals surface area contributed by atoms with Gasteiger partial charge < -0.3 is 0 Å². The summed E-state index contributed by atoms with van der Waals surface area (Å²) in [5.41, 5.74) is 3.55. The molecule has 0 aliphatic rings. The van der Waals surface area contributed by atoms with Crippen LogP contribution in [0.5, 0.6) is 0 Å². The van der Waals surface area contributed by atoms with Crippen LogP contribution >= 0.6 is 0 Å². The van der Waals surface area contributed by atoms with Crippen molar-refractivity contribution in [1.29, 1.82) is 0 Å². The van der Waals surface area contributed by atoms with Crippen molar-refractivity contribution in [2.24, 2.45) is 0 Å². The van der Waals surface area contributed by atoms with Gasteiger partial charge in [0.2, 0.25) is 0 Å². The molecule has 0 fully saturated rings. The van der Waals surface area contributed by atoms with Crippen molar-refractivity contribution in [3.63, 3.8) is 0 Å². The van der Waals surface area contributed by atoms with Crippen molar-refractivity contribution in [3.8, 4) is 22.5 Å². The molecular formula is C21H16N2O2S.